The number of alkyl carbamates (subject to hydrolysis) is 1. The number of rotatable bonds is 33. The van der Waals surface area contributed by atoms with Crippen LogP contribution in [0.3, 0.4) is 0 Å². The van der Waals surface area contributed by atoms with Crippen LogP contribution in [-0.4, -0.2) is 237 Å². The summed E-state index contributed by atoms with van der Waals surface area (Å²) >= 11 is 0. The molecule has 0 bridgehead atoms. The van der Waals surface area contributed by atoms with E-state index in [0.717, 1.165) is 5.70 Å². The van der Waals surface area contributed by atoms with Crippen LogP contribution in [0.1, 0.15) is 95.2 Å². The van der Waals surface area contributed by atoms with Gasteiger partial charge >= 0.3 is 6.09 Å². The topological polar surface area (TPSA) is 459 Å². The van der Waals surface area contributed by atoms with Crippen LogP contribution in [0.25, 0.3) is 0 Å². The molecule has 506 valence electrons. The van der Waals surface area contributed by atoms with Gasteiger partial charge in [0.25, 0.3) is 40.5 Å². The summed E-state index contributed by atoms with van der Waals surface area (Å²) in [5, 5.41) is 67.6. The van der Waals surface area contributed by atoms with Gasteiger partial charge in [-0.1, -0.05) is 38.5 Å². The zero-order chi connectivity index (χ0) is 66.6. The quantitative estimate of drug-likeness (QED) is 0.0199. The van der Waals surface area contributed by atoms with Crippen molar-refractivity contribution in [3.05, 3.63) is 89.2 Å². The fourth-order valence-electron chi connectivity index (χ4n) is 11.3. The first kappa shape index (κ1) is 74.1. The van der Waals surface area contributed by atoms with Crippen molar-refractivity contribution in [2.75, 3.05) is 76.1 Å². The van der Waals surface area contributed by atoms with Gasteiger partial charge in [0.15, 0.2) is 24.2 Å². The third-order valence-corrected chi connectivity index (χ3v) is 19.3. The van der Waals surface area contributed by atoms with Gasteiger partial charge in [-0.05, 0) is 80.1 Å². The monoisotopic (exact) mass is 1360 g/mol. The summed E-state index contributed by atoms with van der Waals surface area (Å²) in [5.74, 6) is -1.30. The highest BCUT2D eigenvalue weighted by Gasteiger charge is 2.53. The first-order chi connectivity index (χ1) is 42.2. The van der Waals surface area contributed by atoms with E-state index in [9.17, 15) is 92.1 Å². The summed E-state index contributed by atoms with van der Waals surface area (Å²) in [4.78, 5) is 26.2. The lowest BCUT2D eigenvalue weighted by Crippen LogP contribution is -2.65. The van der Waals surface area contributed by atoms with Crippen LogP contribution < -0.4 is 15.5 Å². The second kappa shape index (κ2) is 31.8. The van der Waals surface area contributed by atoms with Crippen molar-refractivity contribution in [3.63, 3.8) is 0 Å². The number of hydrogen-bond donors (Lipinski definition) is 12. The summed E-state index contributed by atoms with van der Waals surface area (Å²) in [5.41, 5.74) is 1.85. The first-order valence-electron chi connectivity index (χ1n) is 29.0. The largest absolute Gasteiger partial charge is 0.440 e. The van der Waals surface area contributed by atoms with Crippen molar-refractivity contribution in [1.82, 2.24) is 10.6 Å². The lowest BCUT2D eigenvalue weighted by molar-refractivity contribution is -0.610. The van der Waals surface area contributed by atoms with Crippen LogP contribution in [0.5, 0.6) is 0 Å². The van der Waals surface area contributed by atoms with Gasteiger partial charge in [0.05, 0.1) is 59.9 Å². The summed E-state index contributed by atoms with van der Waals surface area (Å²) in [6.45, 7) is 4.56. The maximum absolute atomic E-state index is 12.9. The molecule has 0 aliphatic carbocycles. The molecule has 34 heteroatoms. The number of nitrogens with zero attached hydrogens (tertiary/aromatic N) is 2. The van der Waals surface area contributed by atoms with Gasteiger partial charge in [0.1, 0.15) is 49.3 Å². The zero-order valence-electron chi connectivity index (χ0n) is 50.1. The standard InChI is InChI=1S/C56H82N4O26S4/c1-55(2)39-32-36(90(78,79)80)19-21-41(39)59(44(55)16-8-5-7-15-40-37-20-18-35(89(75,76)77)31-38(37)56(3,22-10-13-29-87(69,70)71)60(40)25-12-14-30-88(72,73)74)24-11-6-9-17-45(63)58-23-26-81-27-28-82-53-51(48(66)46(64)42(33-61)84-53)85-52-49(67)50(86-54(68)57-4)47(65)43(34-62)83-52/h5,7-8,15-16,18-21,31-32,42-43,46-53,61-62,64-67H,6,9-14,17,22-30,33-34H2,1-4H3,(H5-,57,58,63,68,69,70,71,72,73,74,75,76,77,78,79,80)/p+1/t42-,43+,46+,47+,48-,49-,50-,51-,52+,53?,56?/m0/s1. The van der Waals surface area contributed by atoms with E-state index >= 15 is 0 Å². The number of unbranched alkanes of at least 4 members (excludes halogenated alkanes) is 4. The average molecular weight is 1360 g/mol. The average Bonchev–Trinajstić information content (AvgIpc) is 1.58. The van der Waals surface area contributed by atoms with Crippen LogP contribution in [0.15, 0.2) is 82.3 Å². The Balaban J connectivity index is 1.07. The lowest BCUT2D eigenvalue weighted by Gasteiger charge is -2.46. The van der Waals surface area contributed by atoms with E-state index in [1.807, 2.05) is 29.4 Å². The van der Waals surface area contributed by atoms with Crippen molar-refractivity contribution in [1.29, 1.82) is 0 Å². The van der Waals surface area contributed by atoms with Crippen LogP contribution in [0.4, 0.5) is 10.5 Å². The third kappa shape index (κ3) is 19.3. The molecule has 2 fully saturated rings. The molecule has 12 N–H and O–H groups in total. The molecule has 2 aromatic rings. The highest BCUT2D eigenvalue weighted by molar-refractivity contribution is 7.86. The van der Waals surface area contributed by atoms with Gasteiger partial charge in [-0.2, -0.15) is 33.7 Å². The summed E-state index contributed by atoms with van der Waals surface area (Å²) < 4.78 is 170. The first-order valence-corrected chi connectivity index (χ1v) is 35.1. The molecule has 4 heterocycles. The van der Waals surface area contributed by atoms with Crippen molar-refractivity contribution >= 4 is 63.9 Å². The van der Waals surface area contributed by atoms with Crippen molar-refractivity contribution in [3.8, 4) is 0 Å². The lowest BCUT2D eigenvalue weighted by atomic mass is 9.83. The van der Waals surface area contributed by atoms with Gasteiger partial charge in [-0.15, -0.1) is 0 Å². The molecule has 2 amide bonds. The molecule has 4 aliphatic rings. The van der Waals surface area contributed by atoms with Crippen molar-refractivity contribution in [2.24, 2.45) is 0 Å². The molecule has 0 saturated carbocycles. The van der Waals surface area contributed by atoms with Gasteiger partial charge in [-0.3, -0.25) is 23.0 Å². The Bertz CT molecular complexity index is 3420. The summed E-state index contributed by atoms with van der Waals surface area (Å²) in [6.07, 6.45) is -5.90. The molecule has 0 spiro atoms. The zero-order valence-corrected chi connectivity index (χ0v) is 53.4. The number of nitrogens with one attached hydrogen (secondary N) is 2. The van der Waals surface area contributed by atoms with Crippen LogP contribution in [0.2, 0.25) is 0 Å². The fourth-order valence-corrected chi connectivity index (χ4v) is 13.5. The molecule has 4 aliphatic heterocycles. The minimum absolute atomic E-state index is 0.0430. The molecule has 2 saturated heterocycles. The Morgan fingerprint density at radius 3 is 1.94 bits per heavy atom. The number of hydrogen-bond acceptors (Lipinski definition) is 23. The molecule has 6 rings (SSSR count). The molecule has 0 aromatic heterocycles. The molecular weight excluding hydrogens is 1270 g/mol. The Morgan fingerprint density at radius 1 is 0.689 bits per heavy atom. The number of anilines is 1. The Morgan fingerprint density at radius 2 is 1.31 bits per heavy atom. The molecule has 2 unspecified atom stereocenters. The second-order valence-corrected chi connectivity index (χ2v) is 28.7. The number of benzene rings is 2. The number of aliphatic hydroxyl groups is 6. The van der Waals surface area contributed by atoms with E-state index in [-0.39, 0.29) is 87.1 Å². The van der Waals surface area contributed by atoms with Crippen molar-refractivity contribution in [2.45, 2.75) is 161 Å². The number of fused-ring (bicyclic) bond motifs is 2. The molecule has 2 aromatic carbocycles. The highest BCUT2D eigenvalue weighted by atomic mass is 32.2. The van der Waals surface area contributed by atoms with Gasteiger partial charge in [-0.25, -0.2) is 9.37 Å². The van der Waals surface area contributed by atoms with Crippen LogP contribution >= 0.6 is 0 Å². The third-order valence-electron chi connectivity index (χ3n) is 16.0. The Labute approximate surface area is 523 Å². The maximum atomic E-state index is 12.9. The smallest absolute Gasteiger partial charge is 0.407 e. The van der Waals surface area contributed by atoms with E-state index in [1.165, 1.54) is 37.4 Å². The van der Waals surface area contributed by atoms with Crippen molar-refractivity contribution < 1.29 is 125 Å². The number of aliphatic hydroxyl groups excluding tert-OH is 6. The Hall–Kier alpha value is -4.93. The molecule has 30 nitrogen and oxygen atoms in total. The summed E-state index contributed by atoms with van der Waals surface area (Å²) in [7, 11) is -16.6. The minimum atomic E-state index is -4.68. The normalized spacial score (nSPS) is 26.8. The van der Waals surface area contributed by atoms with Crippen LogP contribution in [-0.2, 0) is 84.6 Å². The SMILES string of the molecule is CNC(=O)O[C@@H]1[C@H](O)[C@@H](O[C@@H]2C(OCCOCCNC(=O)CCCCCN3\C(=C/C=C/C=C/C4=[N+](CCCCS(=O)(=O)O)C(C)(CCCCS(=O)(=O)O)c5cc(S(=O)(=O)O)ccc54)C(C)(C)c4cc(S(=O)(=O)O)ccc43)O[C@@H](CO)[C@@H](O)[C@@H]2O)O[C@H](CO)[C@H]1O. The van der Waals surface area contributed by atoms with Crippen LogP contribution in [0, 0.1) is 0 Å². The van der Waals surface area contributed by atoms with Gasteiger partial charge in [0, 0.05) is 74.8 Å². The number of amides is 2. The van der Waals surface area contributed by atoms with Gasteiger partial charge in [0.2, 0.25) is 11.6 Å². The molecule has 90 heavy (non-hydrogen) atoms. The molecule has 0 radical (unpaired) electrons. The highest BCUT2D eigenvalue weighted by Crippen LogP contribution is 2.49. The van der Waals surface area contributed by atoms with E-state index in [1.54, 1.807) is 37.3 Å². The molecular formula is C56H83N4O26S4+. The number of allylic oxidation sites excluding steroid dienone is 6. The van der Waals surface area contributed by atoms with Gasteiger partial charge < -0.3 is 74.6 Å². The number of carbonyl (C=O) groups is 2. The number of ether oxygens (including phenoxy) is 6. The summed E-state index contributed by atoms with van der Waals surface area (Å²) in [6, 6.07) is 8.43. The Kier molecular flexibility index (Phi) is 26.2. The number of carbonyl (C=O) groups excluding carboxylic acids is 2. The minimum Gasteiger partial charge on any atom is -0.440 e. The maximum Gasteiger partial charge on any atom is 0.407 e. The molecule has 11 atom stereocenters. The van der Waals surface area contributed by atoms with E-state index in [4.69, 9.17) is 28.4 Å². The predicted molar refractivity (Wildman–Crippen MR) is 320 cm³/mol. The predicted octanol–water partition coefficient (Wildman–Crippen LogP) is 0.428. The fraction of sp³-hybridized carbons (Fsp3) is 0.625. The second-order valence-electron chi connectivity index (χ2n) is 22.7. The van der Waals surface area contributed by atoms with E-state index < -0.39 is 144 Å². The van der Waals surface area contributed by atoms with E-state index in [0.29, 0.717) is 53.9 Å². The van der Waals surface area contributed by atoms with E-state index in [2.05, 4.69) is 10.6 Å².